The van der Waals surface area contributed by atoms with Gasteiger partial charge in [0.1, 0.15) is 18.1 Å². The standard InChI is InChI=1S/C23H21F3N2O5S/c1-2-12-28(13-20(29)27-18-10-9-17(24)21(25)22(18)26)23(30)19-11-8-15(33-19)14-34(31,32)16-6-4-3-5-7-16/h3-11H,2,12-14H2,1H3,(H,27,29). The van der Waals surface area contributed by atoms with E-state index in [9.17, 15) is 31.2 Å². The van der Waals surface area contributed by atoms with Gasteiger partial charge in [-0.25, -0.2) is 21.6 Å². The van der Waals surface area contributed by atoms with Crippen LogP contribution in [0, 0.1) is 17.5 Å². The van der Waals surface area contributed by atoms with Gasteiger partial charge in [-0.15, -0.1) is 0 Å². The first-order valence-corrected chi connectivity index (χ1v) is 11.9. The molecule has 0 aliphatic carbocycles. The number of halogens is 3. The molecule has 0 radical (unpaired) electrons. The minimum atomic E-state index is -3.70. The van der Waals surface area contributed by atoms with Crippen LogP contribution in [0.15, 0.2) is 63.9 Å². The predicted octanol–water partition coefficient (Wildman–Crippen LogP) is 4.16. The zero-order valence-corrected chi connectivity index (χ0v) is 18.9. The van der Waals surface area contributed by atoms with Gasteiger partial charge in [0.25, 0.3) is 5.91 Å². The highest BCUT2D eigenvalue weighted by Crippen LogP contribution is 2.21. The maximum absolute atomic E-state index is 13.8. The van der Waals surface area contributed by atoms with Crippen LogP contribution in [0.5, 0.6) is 0 Å². The predicted molar refractivity (Wildman–Crippen MR) is 117 cm³/mol. The Morgan fingerprint density at radius 2 is 1.68 bits per heavy atom. The largest absolute Gasteiger partial charge is 0.455 e. The van der Waals surface area contributed by atoms with E-state index >= 15 is 0 Å². The molecule has 0 saturated heterocycles. The molecule has 0 atom stereocenters. The van der Waals surface area contributed by atoms with E-state index in [1.165, 1.54) is 24.3 Å². The first kappa shape index (κ1) is 25.0. The maximum Gasteiger partial charge on any atom is 0.290 e. The Labute approximate surface area is 194 Å². The number of hydrogen-bond acceptors (Lipinski definition) is 5. The van der Waals surface area contributed by atoms with Crippen LogP contribution in [0.25, 0.3) is 0 Å². The highest BCUT2D eigenvalue weighted by atomic mass is 32.2. The Hall–Kier alpha value is -3.60. The lowest BCUT2D eigenvalue weighted by Crippen LogP contribution is -2.38. The lowest BCUT2D eigenvalue weighted by Gasteiger charge is -2.20. The zero-order chi connectivity index (χ0) is 24.9. The van der Waals surface area contributed by atoms with Crippen molar-refractivity contribution in [3.63, 3.8) is 0 Å². The maximum atomic E-state index is 13.8. The lowest BCUT2D eigenvalue weighted by atomic mass is 10.2. The molecule has 1 N–H and O–H groups in total. The Kier molecular flexibility index (Phi) is 7.77. The molecule has 3 rings (SSSR count). The first-order valence-electron chi connectivity index (χ1n) is 10.2. The van der Waals surface area contributed by atoms with E-state index in [4.69, 9.17) is 4.42 Å². The number of amides is 2. The van der Waals surface area contributed by atoms with Crippen LogP contribution in [0.4, 0.5) is 18.9 Å². The molecule has 0 bridgehead atoms. The third-order valence-electron chi connectivity index (χ3n) is 4.73. The molecule has 0 fully saturated rings. The number of nitrogens with zero attached hydrogens (tertiary/aromatic N) is 1. The van der Waals surface area contributed by atoms with Gasteiger partial charge in [-0.3, -0.25) is 9.59 Å². The lowest BCUT2D eigenvalue weighted by molar-refractivity contribution is -0.116. The number of furan rings is 1. The van der Waals surface area contributed by atoms with E-state index in [0.717, 1.165) is 11.0 Å². The normalized spacial score (nSPS) is 11.3. The number of rotatable bonds is 9. The average Bonchev–Trinajstić information content (AvgIpc) is 3.27. The first-order chi connectivity index (χ1) is 16.1. The number of hydrogen-bond donors (Lipinski definition) is 1. The molecule has 0 unspecified atom stereocenters. The summed E-state index contributed by atoms with van der Waals surface area (Å²) in [6.07, 6.45) is 0.467. The van der Waals surface area contributed by atoms with Crippen LogP contribution < -0.4 is 5.32 Å². The molecule has 11 heteroatoms. The molecule has 180 valence electrons. The summed E-state index contributed by atoms with van der Waals surface area (Å²) in [6, 6.07) is 11.9. The molecule has 0 saturated carbocycles. The molecular weight excluding hydrogens is 473 g/mol. The summed E-state index contributed by atoms with van der Waals surface area (Å²) in [6.45, 7) is 1.36. The van der Waals surface area contributed by atoms with Crippen LogP contribution in [0.1, 0.15) is 29.7 Å². The number of anilines is 1. The molecule has 0 aliphatic rings. The van der Waals surface area contributed by atoms with Crippen LogP contribution in [0.2, 0.25) is 0 Å². The van der Waals surface area contributed by atoms with E-state index in [1.54, 1.807) is 25.1 Å². The molecule has 0 aliphatic heterocycles. The van der Waals surface area contributed by atoms with E-state index < -0.39 is 57.1 Å². The highest BCUT2D eigenvalue weighted by molar-refractivity contribution is 7.90. The molecule has 0 spiro atoms. The second-order valence-corrected chi connectivity index (χ2v) is 9.33. The molecule has 1 aromatic heterocycles. The van der Waals surface area contributed by atoms with Gasteiger partial charge in [-0.2, -0.15) is 0 Å². The Morgan fingerprint density at radius 1 is 0.971 bits per heavy atom. The summed E-state index contributed by atoms with van der Waals surface area (Å²) in [5, 5.41) is 2.10. The second-order valence-electron chi connectivity index (χ2n) is 7.34. The van der Waals surface area contributed by atoms with E-state index in [2.05, 4.69) is 5.32 Å². The Morgan fingerprint density at radius 3 is 2.35 bits per heavy atom. The van der Waals surface area contributed by atoms with Crippen molar-refractivity contribution in [2.75, 3.05) is 18.4 Å². The van der Waals surface area contributed by atoms with Crippen LogP contribution in [-0.2, 0) is 20.4 Å². The Balaban J connectivity index is 1.71. The van der Waals surface area contributed by atoms with Gasteiger partial charge in [0.15, 0.2) is 33.0 Å². The quantitative estimate of drug-likeness (QED) is 0.451. The van der Waals surface area contributed by atoms with Crippen molar-refractivity contribution < 1.29 is 35.6 Å². The van der Waals surface area contributed by atoms with Gasteiger partial charge in [-0.05, 0) is 42.8 Å². The van der Waals surface area contributed by atoms with Gasteiger partial charge in [0, 0.05) is 6.54 Å². The summed E-state index contributed by atoms with van der Waals surface area (Å²) in [7, 11) is -3.70. The molecule has 34 heavy (non-hydrogen) atoms. The zero-order valence-electron chi connectivity index (χ0n) is 18.1. The summed E-state index contributed by atoms with van der Waals surface area (Å²) in [4.78, 5) is 26.4. The number of benzene rings is 2. The summed E-state index contributed by atoms with van der Waals surface area (Å²) < 4.78 is 70.7. The van der Waals surface area contributed by atoms with Gasteiger partial charge in [0.05, 0.1) is 10.6 Å². The van der Waals surface area contributed by atoms with Crippen LogP contribution in [-0.4, -0.2) is 38.2 Å². The van der Waals surface area contributed by atoms with E-state index in [0.29, 0.717) is 12.5 Å². The molecular formula is C23H21F3N2O5S. The van der Waals surface area contributed by atoms with Crippen molar-refractivity contribution in [1.82, 2.24) is 4.90 Å². The number of carbonyl (C=O) groups excluding carboxylic acids is 2. The van der Waals surface area contributed by atoms with Crippen molar-refractivity contribution in [3.8, 4) is 0 Å². The molecule has 2 amide bonds. The summed E-state index contributed by atoms with van der Waals surface area (Å²) in [5.41, 5.74) is -0.570. The van der Waals surface area contributed by atoms with Crippen molar-refractivity contribution in [3.05, 3.63) is 83.6 Å². The third-order valence-corrected chi connectivity index (χ3v) is 6.39. The van der Waals surface area contributed by atoms with E-state index in [-0.39, 0.29) is 23.0 Å². The van der Waals surface area contributed by atoms with Gasteiger partial charge in [0.2, 0.25) is 5.91 Å². The Bertz CT molecular complexity index is 1290. The van der Waals surface area contributed by atoms with Gasteiger partial charge in [-0.1, -0.05) is 25.1 Å². The average molecular weight is 494 g/mol. The van der Waals surface area contributed by atoms with E-state index in [1.807, 2.05) is 0 Å². The fourth-order valence-electron chi connectivity index (χ4n) is 3.13. The number of nitrogens with one attached hydrogen (secondary N) is 1. The van der Waals surface area contributed by atoms with Crippen molar-refractivity contribution in [2.45, 2.75) is 24.0 Å². The third kappa shape index (κ3) is 5.84. The van der Waals surface area contributed by atoms with Gasteiger partial charge >= 0.3 is 0 Å². The van der Waals surface area contributed by atoms with Crippen LogP contribution in [0.3, 0.4) is 0 Å². The SMILES string of the molecule is CCCN(CC(=O)Nc1ccc(F)c(F)c1F)C(=O)c1ccc(CS(=O)(=O)c2ccccc2)o1. The fraction of sp³-hybridized carbons (Fsp3) is 0.217. The minimum absolute atomic E-state index is 0.0389. The number of carbonyl (C=O) groups is 2. The highest BCUT2D eigenvalue weighted by Gasteiger charge is 2.24. The monoisotopic (exact) mass is 494 g/mol. The minimum Gasteiger partial charge on any atom is -0.455 e. The second kappa shape index (κ2) is 10.6. The summed E-state index contributed by atoms with van der Waals surface area (Å²) >= 11 is 0. The molecule has 7 nitrogen and oxygen atoms in total. The van der Waals surface area contributed by atoms with Crippen LogP contribution >= 0.6 is 0 Å². The molecule has 1 heterocycles. The number of sulfone groups is 1. The fourth-order valence-corrected chi connectivity index (χ4v) is 4.40. The van der Waals surface area contributed by atoms with Crippen molar-refractivity contribution in [2.24, 2.45) is 0 Å². The molecule has 3 aromatic rings. The van der Waals surface area contributed by atoms with Gasteiger partial charge < -0.3 is 14.6 Å². The molecule has 2 aromatic carbocycles. The smallest absolute Gasteiger partial charge is 0.290 e. The van der Waals surface area contributed by atoms with Crippen molar-refractivity contribution >= 4 is 27.3 Å². The summed E-state index contributed by atoms with van der Waals surface area (Å²) in [5.74, 6) is -6.83. The topological polar surface area (TPSA) is 96.7 Å². The van der Waals surface area contributed by atoms with Crippen molar-refractivity contribution in [1.29, 1.82) is 0 Å².